The van der Waals surface area contributed by atoms with Crippen LogP contribution in [0, 0.1) is 6.92 Å². The predicted octanol–water partition coefficient (Wildman–Crippen LogP) is 4.28. The number of aryl methyl sites for hydroxylation is 1. The zero-order chi connectivity index (χ0) is 23.7. The number of aliphatic imine (C=N–C) groups is 1. The molecule has 1 fully saturated rings. The van der Waals surface area contributed by atoms with Crippen LogP contribution in [0.3, 0.4) is 0 Å². The minimum absolute atomic E-state index is 0.0616. The maximum absolute atomic E-state index is 12.6. The van der Waals surface area contributed by atoms with E-state index in [0.717, 1.165) is 46.3 Å². The van der Waals surface area contributed by atoms with Crippen LogP contribution in [0.15, 0.2) is 47.5 Å². The number of benzene rings is 2. The highest BCUT2D eigenvalue weighted by Crippen LogP contribution is 2.29. The minimum atomic E-state index is -0.486. The number of nitrogens with zero attached hydrogens (tertiary/aromatic N) is 3. The molecule has 1 atom stereocenters. The van der Waals surface area contributed by atoms with Gasteiger partial charge in [-0.3, -0.25) is 14.4 Å². The van der Waals surface area contributed by atoms with Crippen LogP contribution in [0.2, 0.25) is 0 Å². The van der Waals surface area contributed by atoms with E-state index in [9.17, 15) is 14.4 Å². The first kappa shape index (κ1) is 22.5. The molecule has 8 nitrogen and oxygen atoms in total. The number of likely N-dealkylation sites (tertiary alicyclic amines) is 1. The van der Waals surface area contributed by atoms with E-state index in [0.29, 0.717) is 16.9 Å². The summed E-state index contributed by atoms with van der Waals surface area (Å²) in [7, 11) is 0. The average molecular weight is 494 g/mol. The normalized spacial score (nSPS) is 17.8. The molecule has 0 aliphatic carbocycles. The molecule has 1 aromatic heterocycles. The lowest BCUT2D eigenvalue weighted by molar-refractivity contribution is -0.121. The highest BCUT2D eigenvalue weighted by Gasteiger charge is 2.33. The number of thioether (sulfide) groups is 1. The van der Waals surface area contributed by atoms with E-state index >= 15 is 0 Å². The lowest BCUT2D eigenvalue weighted by Crippen LogP contribution is -2.25. The maximum atomic E-state index is 12.6. The Morgan fingerprint density at radius 1 is 1.06 bits per heavy atom. The Bertz CT molecular complexity index is 1300. The van der Waals surface area contributed by atoms with Gasteiger partial charge in [-0.25, -0.2) is 4.98 Å². The van der Waals surface area contributed by atoms with Crippen LogP contribution in [0.25, 0.3) is 10.2 Å². The number of anilines is 2. The van der Waals surface area contributed by atoms with Crippen molar-refractivity contribution in [2.75, 3.05) is 23.7 Å². The van der Waals surface area contributed by atoms with E-state index in [1.54, 1.807) is 35.6 Å². The highest BCUT2D eigenvalue weighted by atomic mass is 32.2. The molecule has 3 heterocycles. The van der Waals surface area contributed by atoms with Gasteiger partial charge in [-0.1, -0.05) is 11.8 Å². The number of nitrogens with one attached hydrogen (secondary N) is 2. The first-order valence-electron chi connectivity index (χ1n) is 11.1. The van der Waals surface area contributed by atoms with Crippen molar-refractivity contribution in [3.63, 3.8) is 0 Å². The molecule has 0 spiro atoms. The van der Waals surface area contributed by atoms with Crippen molar-refractivity contribution in [1.82, 2.24) is 9.88 Å². The van der Waals surface area contributed by atoms with Gasteiger partial charge in [0.15, 0.2) is 5.17 Å². The van der Waals surface area contributed by atoms with Crippen molar-refractivity contribution < 1.29 is 14.4 Å². The summed E-state index contributed by atoms with van der Waals surface area (Å²) in [5.74, 6) is -0.743. The highest BCUT2D eigenvalue weighted by molar-refractivity contribution is 8.15. The second-order valence-corrected chi connectivity index (χ2v) is 10.6. The Morgan fingerprint density at radius 3 is 2.56 bits per heavy atom. The quantitative estimate of drug-likeness (QED) is 0.550. The number of hydrogen-bond acceptors (Lipinski definition) is 7. The SMILES string of the molecule is Cc1nc2ccc(NC(=O)c3ccc(NC(=O)C[C@H]4SC(N5CCCC5)=NC4=O)cc3)cc2s1. The van der Waals surface area contributed by atoms with Crippen LogP contribution in [-0.2, 0) is 9.59 Å². The van der Waals surface area contributed by atoms with Gasteiger partial charge in [0.05, 0.1) is 15.2 Å². The monoisotopic (exact) mass is 493 g/mol. The number of hydrogen-bond donors (Lipinski definition) is 2. The van der Waals surface area contributed by atoms with Gasteiger partial charge in [-0.2, -0.15) is 4.99 Å². The summed E-state index contributed by atoms with van der Waals surface area (Å²) in [6, 6.07) is 12.3. The molecule has 174 valence electrons. The molecule has 0 saturated carbocycles. The number of rotatable bonds is 5. The number of aromatic nitrogens is 1. The molecular weight excluding hydrogens is 470 g/mol. The first-order chi connectivity index (χ1) is 16.4. The summed E-state index contributed by atoms with van der Waals surface area (Å²) >= 11 is 2.95. The molecule has 0 radical (unpaired) electrons. The molecule has 5 rings (SSSR count). The van der Waals surface area contributed by atoms with E-state index in [4.69, 9.17) is 0 Å². The van der Waals surface area contributed by atoms with Crippen molar-refractivity contribution in [3.05, 3.63) is 53.0 Å². The van der Waals surface area contributed by atoms with Crippen LogP contribution in [-0.4, -0.2) is 51.1 Å². The van der Waals surface area contributed by atoms with Gasteiger partial charge >= 0.3 is 0 Å². The predicted molar refractivity (Wildman–Crippen MR) is 137 cm³/mol. The zero-order valence-electron chi connectivity index (χ0n) is 18.5. The molecule has 2 aromatic carbocycles. The molecule has 34 heavy (non-hydrogen) atoms. The fraction of sp³-hybridized carbons (Fsp3) is 0.292. The third kappa shape index (κ3) is 4.97. The van der Waals surface area contributed by atoms with E-state index in [1.807, 2.05) is 25.1 Å². The largest absolute Gasteiger partial charge is 0.351 e. The maximum Gasteiger partial charge on any atom is 0.262 e. The molecule has 10 heteroatoms. The summed E-state index contributed by atoms with van der Waals surface area (Å²) in [5, 5.41) is 6.93. The van der Waals surface area contributed by atoms with Crippen molar-refractivity contribution in [2.45, 2.75) is 31.4 Å². The van der Waals surface area contributed by atoms with Gasteiger partial charge in [0.1, 0.15) is 5.25 Å². The Hall–Kier alpha value is -3.24. The second kappa shape index (κ2) is 9.55. The minimum Gasteiger partial charge on any atom is -0.351 e. The Kier molecular flexibility index (Phi) is 6.34. The molecule has 3 aromatic rings. The molecule has 2 N–H and O–H groups in total. The Labute approximate surface area is 204 Å². The standard InChI is InChI=1S/C24H23N5O3S2/c1-14-25-18-9-8-17(12-19(18)33-14)27-22(31)15-4-6-16(7-5-15)26-21(30)13-20-23(32)28-24(34-20)29-10-2-3-11-29/h4-9,12,20H,2-3,10-11,13H2,1H3,(H,26,30)(H,27,31)/t20-/m1/s1. The van der Waals surface area contributed by atoms with Gasteiger partial charge in [0, 0.05) is 36.4 Å². The van der Waals surface area contributed by atoms with Gasteiger partial charge in [0.2, 0.25) is 5.91 Å². The van der Waals surface area contributed by atoms with Crippen LogP contribution in [0.5, 0.6) is 0 Å². The van der Waals surface area contributed by atoms with E-state index < -0.39 is 5.25 Å². The molecule has 1 saturated heterocycles. The van der Waals surface area contributed by atoms with Gasteiger partial charge in [-0.15, -0.1) is 11.3 Å². The third-order valence-corrected chi connectivity index (χ3v) is 7.81. The average Bonchev–Trinajstić information content (AvgIpc) is 3.54. The lowest BCUT2D eigenvalue weighted by Gasteiger charge is -2.16. The summed E-state index contributed by atoms with van der Waals surface area (Å²) in [6.45, 7) is 3.78. The first-order valence-corrected chi connectivity index (χ1v) is 12.8. The summed E-state index contributed by atoms with van der Waals surface area (Å²) in [5.41, 5.74) is 2.66. The van der Waals surface area contributed by atoms with Crippen LogP contribution >= 0.6 is 23.1 Å². The molecule has 0 bridgehead atoms. The fourth-order valence-electron chi connectivity index (χ4n) is 3.96. The Balaban J connectivity index is 1.15. The summed E-state index contributed by atoms with van der Waals surface area (Å²) < 4.78 is 1.02. The second-order valence-electron chi connectivity index (χ2n) is 8.23. The topological polar surface area (TPSA) is 104 Å². The van der Waals surface area contributed by atoms with Crippen LogP contribution in [0.1, 0.15) is 34.6 Å². The van der Waals surface area contributed by atoms with Crippen molar-refractivity contribution in [1.29, 1.82) is 0 Å². The number of carbonyl (C=O) groups is 3. The summed E-state index contributed by atoms with van der Waals surface area (Å²) in [6.07, 6.45) is 2.27. The van der Waals surface area contributed by atoms with Crippen molar-refractivity contribution in [3.8, 4) is 0 Å². The molecule has 2 aliphatic rings. The van der Waals surface area contributed by atoms with Gasteiger partial charge in [-0.05, 0) is 62.2 Å². The van der Waals surface area contributed by atoms with Gasteiger partial charge < -0.3 is 15.5 Å². The zero-order valence-corrected chi connectivity index (χ0v) is 20.2. The van der Waals surface area contributed by atoms with Crippen LogP contribution in [0.4, 0.5) is 11.4 Å². The molecule has 0 unspecified atom stereocenters. The third-order valence-electron chi connectivity index (χ3n) is 5.66. The number of thiazole rings is 1. The number of amides is 3. The number of carbonyl (C=O) groups excluding carboxylic acids is 3. The van der Waals surface area contributed by atoms with E-state index in [2.05, 4.69) is 25.5 Å². The number of fused-ring (bicyclic) bond motifs is 1. The van der Waals surface area contributed by atoms with Crippen LogP contribution < -0.4 is 10.6 Å². The van der Waals surface area contributed by atoms with Crippen molar-refractivity contribution >= 4 is 67.6 Å². The smallest absolute Gasteiger partial charge is 0.262 e. The molecule has 2 aliphatic heterocycles. The summed E-state index contributed by atoms with van der Waals surface area (Å²) in [4.78, 5) is 48.0. The fourth-order valence-corrected chi connectivity index (χ4v) is 5.94. The molecule has 3 amide bonds. The lowest BCUT2D eigenvalue weighted by atomic mass is 10.1. The van der Waals surface area contributed by atoms with Gasteiger partial charge in [0.25, 0.3) is 11.8 Å². The number of amidine groups is 1. The van der Waals surface area contributed by atoms with Crippen molar-refractivity contribution in [2.24, 2.45) is 4.99 Å². The molecular formula is C24H23N5O3S2. The van der Waals surface area contributed by atoms with E-state index in [1.165, 1.54) is 11.8 Å². The Morgan fingerprint density at radius 2 is 1.79 bits per heavy atom. The van der Waals surface area contributed by atoms with E-state index in [-0.39, 0.29) is 24.1 Å².